The number of alkyl halides is 2. The summed E-state index contributed by atoms with van der Waals surface area (Å²) in [5, 5.41) is 5.45. The lowest BCUT2D eigenvalue weighted by molar-refractivity contribution is -0.139. The van der Waals surface area contributed by atoms with Crippen molar-refractivity contribution in [3.05, 3.63) is 82.6 Å². The molecule has 4 aliphatic carbocycles. The van der Waals surface area contributed by atoms with Crippen molar-refractivity contribution in [3.8, 4) is 11.3 Å². The van der Waals surface area contributed by atoms with Crippen LogP contribution in [0.5, 0.6) is 0 Å². The van der Waals surface area contributed by atoms with Crippen LogP contribution in [-0.2, 0) is 25.0 Å². The zero-order chi connectivity index (χ0) is 45.7. The second-order valence-corrected chi connectivity index (χ2v) is 20.1. The molecule has 1 spiro atoms. The number of aromatic amines is 2. The lowest BCUT2D eigenvalue weighted by Gasteiger charge is -2.37. The van der Waals surface area contributed by atoms with E-state index in [4.69, 9.17) is 19.4 Å². The number of amides is 4. The van der Waals surface area contributed by atoms with Gasteiger partial charge in [-0.15, -0.1) is 0 Å². The molecular formula is C49H58F2N8O6. The van der Waals surface area contributed by atoms with E-state index in [-0.39, 0.29) is 70.2 Å². The quantitative estimate of drug-likeness (QED) is 0.115. The van der Waals surface area contributed by atoms with Gasteiger partial charge >= 0.3 is 12.2 Å². The van der Waals surface area contributed by atoms with Crippen LogP contribution in [-0.4, -0.2) is 92.6 Å². The molecule has 344 valence electrons. The van der Waals surface area contributed by atoms with E-state index in [0.29, 0.717) is 47.9 Å². The van der Waals surface area contributed by atoms with E-state index in [1.807, 2.05) is 67.8 Å². The standard InChI is InChI=1S/C49H58F2N8O6/c1-24(2)39(56-46(62)64-5)44(60)58-23-48(15-16-48)21-38(58)42-52-22-37(55-42)28-9-13-32-31-12-8-26(18-33(31)49(50,51)34(32)19-28)27-10-14-35-36(20-27)54-43(53-35)41-29-7-11-30(17-29)59(41)45(61)40(25(3)4)57-47(63)65-6/h9-10,13-14,18-20,22,24-26,29-31,38-41H,7-8,11-12,15-17,21,23H2,1-6H3,(H,52,55)(H,53,54)(H,56,62)(H,57,63)/t26?,29-,30+,31?,38-,39-,40-,41-/m0/s1. The maximum absolute atomic E-state index is 16.7. The Kier molecular flexibility index (Phi) is 10.6. The predicted molar refractivity (Wildman–Crippen MR) is 237 cm³/mol. The number of aromatic nitrogens is 4. The number of rotatable bonds is 10. The van der Waals surface area contributed by atoms with Crippen LogP contribution >= 0.6 is 0 Å². The Bertz CT molecular complexity index is 2600. The first-order valence-electron chi connectivity index (χ1n) is 23.2. The Morgan fingerprint density at radius 3 is 2.28 bits per heavy atom. The summed E-state index contributed by atoms with van der Waals surface area (Å²) in [6.45, 7) is 8.13. The Balaban J connectivity index is 0.881. The van der Waals surface area contributed by atoms with Crippen LogP contribution in [0.4, 0.5) is 18.4 Å². The van der Waals surface area contributed by atoms with Crippen molar-refractivity contribution in [2.45, 2.75) is 127 Å². The highest BCUT2D eigenvalue weighted by Gasteiger charge is 2.56. The molecule has 4 fully saturated rings. The summed E-state index contributed by atoms with van der Waals surface area (Å²) in [7, 11) is 2.56. The number of hydrogen-bond donors (Lipinski definition) is 4. The smallest absolute Gasteiger partial charge is 0.407 e. The monoisotopic (exact) mass is 892 g/mol. The molecule has 2 saturated carbocycles. The number of nitrogens with zero attached hydrogens (tertiary/aromatic N) is 4. The number of carbonyl (C=O) groups is 4. The van der Waals surface area contributed by atoms with Crippen LogP contribution < -0.4 is 10.6 Å². The molecule has 2 bridgehead atoms. The number of imidazole rings is 2. The molecule has 0 radical (unpaired) electrons. The SMILES string of the molecule is COC(=O)N[C@H](C(=O)N1CC2(CC2)C[C@H]1c1ncc(-c2ccc3c(c2)C(F)(F)C2=CC(c4ccc5nc([C@@H]6[C@H]7CC[C@H](C7)N6C(=O)[C@@H](NC(=O)OC)C(C)C)[nH]c5c4)CCC23)[nH]1)C(C)C. The number of allylic oxidation sites excluding steroid dienone is 2. The normalized spacial score (nSPS) is 26.6. The van der Waals surface area contributed by atoms with Crippen molar-refractivity contribution in [2.24, 2.45) is 23.2 Å². The number of alkyl carbamates (subject to hydrolysis) is 2. The Hall–Kier alpha value is -5.80. The minimum atomic E-state index is -3.18. The van der Waals surface area contributed by atoms with Gasteiger partial charge in [-0.05, 0) is 104 Å². The zero-order valence-corrected chi connectivity index (χ0v) is 37.8. The number of fused-ring (bicyclic) bond motifs is 6. The topological polar surface area (TPSA) is 175 Å². The highest BCUT2D eigenvalue weighted by molar-refractivity contribution is 5.88. The molecular weight excluding hydrogens is 835 g/mol. The number of piperidine rings is 1. The molecule has 10 rings (SSSR count). The van der Waals surface area contributed by atoms with Crippen molar-refractivity contribution >= 4 is 35.0 Å². The summed E-state index contributed by atoms with van der Waals surface area (Å²) in [6, 6.07) is 9.17. The molecule has 6 aliphatic rings. The molecule has 2 unspecified atom stereocenters. The third kappa shape index (κ3) is 7.34. The first-order chi connectivity index (χ1) is 31.1. The van der Waals surface area contributed by atoms with Gasteiger partial charge in [-0.25, -0.2) is 19.6 Å². The highest BCUT2D eigenvalue weighted by atomic mass is 19.3. The van der Waals surface area contributed by atoms with Gasteiger partial charge in [-0.2, -0.15) is 8.78 Å². The van der Waals surface area contributed by atoms with Gasteiger partial charge in [-0.3, -0.25) is 9.59 Å². The van der Waals surface area contributed by atoms with E-state index < -0.39 is 36.1 Å². The number of likely N-dealkylation sites (tertiary alicyclic amines) is 2. The van der Waals surface area contributed by atoms with Crippen molar-refractivity contribution in [1.82, 2.24) is 40.4 Å². The third-order valence-corrected chi connectivity index (χ3v) is 15.5. The van der Waals surface area contributed by atoms with Gasteiger partial charge in [0, 0.05) is 41.1 Å². The Morgan fingerprint density at radius 1 is 0.862 bits per heavy atom. The van der Waals surface area contributed by atoms with Crippen molar-refractivity contribution in [1.29, 1.82) is 0 Å². The van der Waals surface area contributed by atoms with Crippen LogP contribution in [0.3, 0.4) is 0 Å². The molecule has 14 nitrogen and oxygen atoms in total. The fraction of sp³-hybridized carbons (Fsp3) is 0.551. The molecule has 16 heteroatoms. The number of carbonyl (C=O) groups excluding carboxylic acids is 4. The molecule has 2 aromatic heterocycles. The lowest BCUT2D eigenvalue weighted by atomic mass is 9.79. The maximum atomic E-state index is 16.7. The second kappa shape index (κ2) is 16.0. The van der Waals surface area contributed by atoms with Gasteiger partial charge in [0.2, 0.25) is 11.8 Å². The van der Waals surface area contributed by atoms with Crippen LogP contribution in [0, 0.1) is 23.2 Å². The fourth-order valence-electron chi connectivity index (χ4n) is 11.8. The maximum Gasteiger partial charge on any atom is 0.407 e. The molecule has 2 aromatic carbocycles. The molecule has 4 N–H and O–H groups in total. The summed E-state index contributed by atoms with van der Waals surface area (Å²) in [5.74, 6) is -2.93. The lowest BCUT2D eigenvalue weighted by Crippen LogP contribution is -2.54. The van der Waals surface area contributed by atoms with Gasteiger partial charge in [0.1, 0.15) is 23.7 Å². The number of nitrogens with one attached hydrogen (secondary N) is 4. The van der Waals surface area contributed by atoms with Crippen molar-refractivity contribution < 1.29 is 37.4 Å². The average molecular weight is 893 g/mol. The van der Waals surface area contributed by atoms with E-state index in [9.17, 15) is 19.2 Å². The first kappa shape index (κ1) is 43.1. The average Bonchev–Trinajstić information content (AvgIpc) is 3.95. The van der Waals surface area contributed by atoms with Gasteiger partial charge in [0.15, 0.2) is 0 Å². The van der Waals surface area contributed by atoms with E-state index in [2.05, 4.69) is 20.6 Å². The largest absolute Gasteiger partial charge is 0.453 e. The van der Waals surface area contributed by atoms with Gasteiger partial charge in [-0.1, -0.05) is 52.0 Å². The number of benzene rings is 2. The highest BCUT2D eigenvalue weighted by Crippen LogP contribution is 2.60. The van der Waals surface area contributed by atoms with Crippen LogP contribution in [0.25, 0.3) is 22.3 Å². The summed E-state index contributed by atoms with van der Waals surface area (Å²) in [4.78, 5) is 72.8. The van der Waals surface area contributed by atoms with Gasteiger partial charge in [0.25, 0.3) is 5.92 Å². The number of ether oxygens (including phenoxy) is 2. The zero-order valence-electron chi connectivity index (χ0n) is 37.8. The van der Waals surface area contributed by atoms with Crippen LogP contribution in [0.1, 0.15) is 131 Å². The summed E-state index contributed by atoms with van der Waals surface area (Å²) in [6.07, 6.45) is 8.92. The molecule has 2 aliphatic heterocycles. The van der Waals surface area contributed by atoms with Crippen LogP contribution in [0.15, 0.2) is 54.2 Å². The Labute approximate surface area is 376 Å². The number of halogens is 2. The molecule has 4 amide bonds. The van der Waals surface area contributed by atoms with E-state index in [1.54, 1.807) is 18.3 Å². The summed E-state index contributed by atoms with van der Waals surface area (Å²) >= 11 is 0. The Morgan fingerprint density at radius 2 is 1.58 bits per heavy atom. The number of methoxy groups -OCH3 is 2. The van der Waals surface area contributed by atoms with Gasteiger partial charge < -0.3 is 39.9 Å². The summed E-state index contributed by atoms with van der Waals surface area (Å²) < 4.78 is 43.1. The van der Waals surface area contributed by atoms with E-state index in [0.717, 1.165) is 55.1 Å². The summed E-state index contributed by atoms with van der Waals surface area (Å²) in [5.41, 5.74) is 4.45. The minimum Gasteiger partial charge on any atom is -0.453 e. The molecule has 8 atom stereocenters. The molecule has 4 aromatic rings. The minimum absolute atomic E-state index is 0.00595. The molecule has 65 heavy (non-hydrogen) atoms. The fourth-order valence-corrected chi connectivity index (χ4v) is 11.8. The molecule has 2 saturated heterocycles. The first-order valence-corrected chi connectivity index (χ1v) is 23.2. The third-order valence-electron chi connectivity index (χ3n) is 15.5. The van der Waals surface area contributed by atoms with E-state index in [1.165, 1.54) is 14.2 Å². The van der Waals surface area contributed by atoms with Gasteiger partial charge in [0.05, 0.1) is 49.2 Å². The van der Waals surface area contributed by atoms with Crippen molar-refractivity contribution in [3.63, 3.8) is 0 Å². The van der Waals surface area contributed by atoms with Crippen molar-refractivity contribution in [2.75, 3.05) is 20.8 Å². The van der Waals surface area contributed by atoms with E-state index >= 15 is 8.78 Å². The van der Waals surface area contributed by atoms with Crippen LogP contribution in [0.2, 0.25) is 0 Å². The molecule has 4 heterocycles. The predicted octanol–water partition coefficient (Wildman–Crippen LogP) is 8.51. The second-order valence-electron chi connectivity index (χ2n) is 20.1. The number of H-pyrrole nitrogens is 2. The number of hydrogen-bond acceptors (Lipinski definition) is 8.